The molecule has 0 aliphatic carbocycles. The molecule has 1 amide bonds. The van der Waals surface area contributed by atoms with Crippen LogP contribution in [0.5, 0.6) is 5.75 Å². The topological polar surface area (TPSA) is 122 Å². The average Bonchev–Trinajstić information content (AvgIpc) is 2.56. The number of carbonyl (C=O) groups excluding carboxylic acids is 1. The standard InChI is InChI=1S/C16H24N4O4/c1-2-24-12-6-4-3-5-11(12)19-7-9-20(10-8-19)14(15(18)21)13(17)16(22)23/h3-6,13-14H,2,7-10,17H2,1H3,(H2,18,21)(H,22,23)/t13-,14?/m0/s1. The highest BCUT2D eigenvalue weighted by Gasteiger charge is 2.36. The predicted molar refractivity (Wildman–Crippen MR) is 90.0 cm³/mol. The Hall–Kier alpha value is -2.32. The van der Waals surface area contributed by atoms with E-state index in [9.17, 15) is 9.59 Å². The van der Waals surface area contributed by atoms with Crippen molar-refractivity contribution in [1.82, 2.24) is 4.90 Å². The molecular formula is C16H24N4O4. The highest BCUT2D eigenvalue weighted by molar-refractivity contribution is 5.88. The third kappa shape index (κ3) is 3.95. The van der Waals surface area contributed by atoms with Crippen LogP contribution < -0.4 is 21.1 Å². The van der Waals surface area contributed by atoms with E-state index in [-0.39, 0.29) is 0 Å². The molecule has 0 aromatic heterocycles. The van der Waals surface area contributed by atoms with Crippen LogP contribution in [-0.4, -0.2) is 66.8 Å². The Morgan fingerprint density at radius 2 is 1.88 bits per heavy atom. The number of anilines is 1. The summed E-state index contributed by atoms with van der Waals surface area (Å²) in [7, 11) is 0. The SMILES string of the molecule is CCOc1ccccc1N1CCN(C(C(N)=O)[C@H](N)C(=O)O)CC1. The zero-order chi connectivity index (χ0) is 17.7. The van der Waals surface area contributed by atoms with Crippen LogP contribution in [0.15, 0.2) is 24.3 Å². The second-order valence-corrected chi connectivity index (χ2v) is 5.63. The van der Waals surface area contributed by atoms with Gasteiger partial charge in [0.15, 0.2) is 0 Å². The monoisotopic (exact) mass is 336 g/mol. The Balaban J connectivity index is 2.07. The number of carbonyl (C=O) groups is 2. The van der Waals surface area contributed by atoms with E-state index in [1.807, 2.05) is 31.2 Å². The van der Waals surface area contributed by atoms with E-state index >= 15 is 0 Å². The summed E-state index contributed by atoms with van der Waals surface area (Å²) in [5.41, 5.74) is 12.0. The number of piperazine rings is 1. The average molecular weight is 336 g/mol. The van der Waals surface area contributed by atoms with Gasteiger partial charge in [0.2, 0.25) is 5.91 Å². The molecule has 1 fully saturated rings. The maximum atomic E-state index is 11.6. The van der Waals surface area contributed by atoms with Gasteiger partial charge in [0.25, 0.3) is 0 Å². The van der Waals surface area contributed by atoms with Crippen molar-refractivity contribution in [1.29, 1.82) is 0 Å². The van der Waals surface area contributed by atoms with E-state index in [2.05, 4.69) is 4.90 Å². The Morgan fingerprint density at radius 3 is 2.42 bits per heavy atom. The van der Waals surface area contributed by atoms with Crippen molar-refractivity contribution in [3.8, 4) is 5.75 Å². The lowest BCUT2D eigenvalue weighted by atomic mass is 10.1. The molecule has 8 heteroatoms. The molecule has 1 aliphatic rings. The zero-order valence-electron chi connectivity index (χ0n) is 13.7. The van der Waals surface area contributed by atoms with Crippen molar-refractivity contribution < 1.29 is 19.4 Å². The van der Waals surface area contributed by atoms with Crippen LogP contribution in [0.2, 0.25) is 0 Å². The number of aliphatic carboxylic acids is 1. The van der Waals surface area contributed by atoms with Gasteiger partial charge in [-0.1, -0.05) is 12.1 Å². The lowest BCUT2D eigenvalue weighted by Gasteiger charge is -2.40. The molecule has 0 spiro atoms. The minimum atomic E-state index is -1.33. The largest absolute Gasteiger partial charge is 0.492 e. The Morgan fingerprint density at radius 1 is 1.25 bits per heavy atom. The maximum Gasteiger partial charge on any atom is 0.322 e. The number of benzene rings is 1. The van der Waals surface area contributed by atoms with E-state index in [0.29, 0.717) is 32.8 Å². The molecule has 1 aromatic rings. The Bertz CT molecular complexity index is 587. The molecule has 1 heterocycles. The summed E-state index contributed by atoms with van der Waals surface area (Å²) in [5.74, 6) is -1.14. The molecule has 0 bridgehead atoms. The normalized spacial score (nSPS) is 18.0. The van der Waals surface area contributed by atoms with Gasteiger partial charge in [-0.2, -0.15) is 0 Å². The van der Waals surface area contributed by atoms with Crippen LogP contribution in [0.4, 0.5) is 5.69 Å². The number of carboxylic acids is 1. The lowest BCUT2D eigenvalue weighted by molar-refractivity contribution is -0.143. The molecule has 1 unspecified atom stereocenters. The van der Waals surface area contributed by atoms with Crippen LogP contribution in [0.1, 0.15) is 6.92 Å². The summed E-state index contributed by atoms with van der Waals surface area (Å²) in [6, 6.07) is 5.42. The third-order valence-electron chi connectivity index (χ3n) is 4.13. The lowest BCUT2D eigenvalue weighted by Crippen LogP contribution is -2.62. The van der Waals surface area contributed by atoms with E-state index < -0.39 is 24.0 Å². The minimum absolute atomic E-state index is 0.495. The number of nitrogens with two attached hydrogens (primary N) is 2. The van der Waals surface area contributed by atoms with Gasteiger partial charge in [0, 0.05) is 26.2 Å². The van der Waals surface area contributed by atoms with Gasteiger partial charge in [0.1, 0.15) is 17.8 Å². The first kappa shape index (κ1) is 18.0. The smallest absolute Gasteiger partial charge is 0.322 e. The molecule has 8 nitrogen and oxygen atoms in total. The second-order valence-electron chi connectivity index (χ2n) is 5.63. The van der Waals surface area contributed by atoms with E-state index in [0.717, 1.165) is 11.4 Å². The highest BCUT2D eigenvalue weighted by atomic mass is 16.5. The van der Waals surface area contributed by atoms with Crippen LogP contribution in [0.25, 0.3) is 0 Å². The molecule has 2 atom stereocenters. The fourth-order valence-electron chi connectivity index (χ4n) is 2.96. The summed E-state index contributed by atoms with van der Waals surface area (Å²) in [4.78, 5) is 26.6. The number of amides is 1. The molecule has 132 valence electrons. The van der Waals surface area contributed by atoms with E-state index in [1.54, 1.807) is 4.90 Å². The number of nitrogens with zero attached hydrogens (tertiary/aromatic N) is 2. The highest BCUT2D eigenvalue weighted by Crippen LogP contribution is 2.29. The molecule has 0 radical (unpaired) electrons. The van der Waals surface area contributed by atoms with Crippen LogP contribution in [-0.2, 0) is 9.59 Å². The van der Waals surface area contributed by atoms with Gasteiger partial charge in [-0.3, -0.25) is 14.5 Å². The number of carboxylic acid groups (broad SMARTS) is 1. The molecule has 1 aromatic carbocycles. The summed E-state index contributed by atoms with van der Waals surface area (Å²) < 4.78 is 5.65. The number of hydrogen-bond donors (Lipinski definition) is 3. The summed E-state index contributed by atoms with van der Waals surface area (Å²) in [6.07, 6.45) is 0. The van der Waals surface area contributed by atoms with Crippen molar-refractivity contribution in [2.24, 2.45) is 11.5 Å². The summed E-state index contributed by atoms with van der Waals surface area (Å²) in [6.45, 7) is 4.75. The van der Waals surface area contributed by atoms with Gasteiger partial charge >= 0.3 is 5.97 Å². The van der Waals surface area contributed by atoms with Crippen molar-refractivity contribution in [2.75, 3.05) is 37.7 Å². The van der Waals surface area contributed by atoms with Gasteiger partial charge in [-0.25, -0.2) is 0 Å². The first-order valence-electron chi connectivity index (χ1n) is 7.94. The van der Waals surface area contributed by atoms with Crippen molar-refractivity contribution in [3.63, 3.8) is 0 Å². The van der Waals surface area contributed by atoms with Gasteiger partial charge in [-0.15, -0.1) is 0 Å². The predicted octanol–water partition coefficient (Wildman–Crippen LogP) is -0.527. The molecule has 1 aliphatic heterocycles. The van der Waals surface area contributed by atoms with Crippen LogP contribution >= 0.6 is 0 Å². The van der Waals surface area contributed by atoms with Crippen molar-refractivity contribution in [3.05, 3.63) is 24.3 Å². The maximum absolute atomic E-state index is 11.6. The summed E-state index contributed by atoms with van der Waals surface area (Å²) in [5, 5.41) is 9.07. The van der Waals surface area contributed by atoms with Crippen molar-refractivity contribution in [2.45, 2.75) is 19.0 Å². The minimum Gasteiger partial charge on any atom is -0.492 e. The summed E-state index contributed by atoms with van der Waals surface area (Å²) >= 11 is 0. The molecular weight excluding hydrogens is 312 g/mol. The number of primary amides is 1. The second kappa shape index (κ2) is 7.98. The fraction of sp³-hybridized carbons (Fsp3) is 0.500. The van der Waals surface area contributed by atoms with Gasteiger partial charge in [-0.05, 0) is 19.1 Å². The molecule has 24 heavy (non-hydrogen) atoms. The van der Waals surface area contributed by atoms with Gasteiger partial charge in [0.05, 0.1) is 12.3 Å². The van der Waals surface area contributed by atoms with Gasteiger partial charge < -0.3 is 26.2 Å². The Kier molecular flexibility index (Phi) is 5.99. The number of para-hydroxylation sites is 2. The quantitative estimate of drug-likeness (QED) is 0.612. The molecule has 2 rings (SSSR count). The number of ether oxygens (including phenoxy) is 1. The molecule has 5 N–H and O–H groups in total. The van der Waals surface area contributed by atoms with Crippen LogP contribution in [0.3, 0.4) is 0 Å². The first-order valence-corrected chi connectivity index (χ1v) is 7.94. The third-order valence-corrected chi connectivity index (χ3v) is 4.13. The number of rotatable bonds is 7. The van der Waals surface area contributed by atoms with Crippen LogP contribution in [0, 0.1) is 0 Å². The zero-order valence-corrected chi connectivity index (χ0v) is 13.7. The Labute approximate surface area is 141 Å². The molecule has 1 saturated heterocycles. The van der Waals surface area contributed by atoms with E-state index in [4.69, 9.17) is 21.3 Å². The van der Waals surface area contributed by atoms with Crippen molar-refractivity contribution >= 4 is 17.6 Å². The molecule has 0 saturated carbocycles. The number of hydrogen-bond acceptors (Lipinski definition) is 6. The fourth-order valence-corrected chi connectivity index (χ4v) is 2.96. The van der Waals surface area contributed by atoms with E-state index in [1.165, 1.54) is 0 Å². The first-order chi connectivity index (χ1) is 11.5.